The van der Waals surface area contributed by atoms with Crippen LogP contribution >= 0.6 is 0 Å². The van der Waals surface area contributed by atoms with Crippen molar-refractivity contribution in [2.45, 2.75) is 32.0 Å². The van der Waals surface area contributed by atoms with Crippen molar-refractivity contribution in [3.63, 3.8) is 0 Å². The SMILES string of the molecule is O=C(CCc1ccc(F)cc1)N1Cc2nccn2C[C@@H]1c1ccccc1. The van der Waals surface area contributed by atoms with Gasteiger partial charge in [-0.3, -0.25) is 4.79 Å². The Kier molecular flexibility index (Phi) is 4.52. The summed E-state index contributed by atoms with van der Waals surface area (Å²) in [6.07, 6.45) is 4.75. The predicted molar refractivity (Wildman–Crippen MR) is 96.7 cm³/mol. The number of halogens is 1. The Labute approximate surface area is 151 Å². The highest BCUT2D eigenvalue weighted by molar-refractivity contribution is 5.77. The van der Waals surface area contributed by atoms with Crippen molar-refractivity contribution in [2.24, 2.45) is 0 Å². The molecular formula is C21H20FN3O. The van der Waals surface area contributed by atoms with E-state index in [-0.39, 0.29) is 17.8 Å². The van der Waals surface area contributed by atoms with Crippen molar-refractivity contribution in [3.05, 3.63) is 89.8 Å². The van der Waals surface area contributed by atoms with Crippen molar-refractivity contribution in [3.8, 4) is 0 Å². The first kappa shape index (κ1) is 16.5. The van der Waals surface area contributed by atoms with Crippen LogP contribution in [0.15, 0.2) is 67.0 Å². The largest absolute Gasteiger partial charge is 0.331 e. The second kappa shape index (κ2) is 7.12. The van der Waals surface area contributed by atoms with E-state index in [1.165, 1.54) is 12.1 Å². The van der Waals surface area contributed by atoms with Gasteiger partial charge in [-0.05, 0) is 29.7 Å². The number of carbonyl (C=O) groups is 1. The van der Waals surface area contributed by atoms with Crippen molar-refractivity contribution >= 4 is 5.91 Å². The third-order valence-corrected chi connectivity index (χ3v) is 4.90. The number of amides is 1. The number of imidazole rings is 1. The number of aryl methyl sites for hydroxylation is 1. The Bertz CT molecular complexity index is 889. The lowest BCUT2D eigenvalue weighted by Gasteiger charge is -2.36. The number of benzene rings is 2. The highest BCUT2D eigenvalue weighted by atomic mass is 19.1. The maximum Gasteiger partial charge on any atom is 0.223 e. The Balaban J connectivity index is 1.53. The Morgan fingerprint density at radius 1 is 1.12 bits per heavy atom. The van der Waals surface area contributed by atoms with Crippen molar-refractivity contribution in [1.82, 2.24) is 14.5 Å². The van der Waals surface area contributed by atoms with Crippen LogP contribution in [0.3, 0.4) is 0 Å². The van der Waals surface area contributed by atoms with Crippen LogP contribution in [0.2, 0.25) is 0 Å². The van der Waals surface area contributed by atoms with E-state index < -0.39 is 0 Å². The molecule has 0 bridgehead atoms. The van der Waals surface area contributed by atoms with Gasteiger partial charge in [0.05, 0.1) is 12.6 Å². The zero-order valence-corrected chi connectivity index (χ0v) is 14.4. The molecule has 0 N–H and O–H groups in total. The van der Waals surface area contributed by atoms with E-state index in [0.29, 0.717) is 25.9 Å². The average Bonchev–Trinajstić information content (AvgIpc) is 3.14. The van der Waals surface area contributed by atoms with Crippen LogP contribution in [-0.4, -0.2) is 20.4 Å². The number of hydrogen-bond acceptors (Lipinski definition) is 2. The summed E-state index contributed by atoms with van der Waals surface area (Å²) >= 11 is 0. The smallest absolute Gasteiger partial charge is 0.223 e. The summed E-state index contributed by atoms with van der Waals surface area (Å²) in [4.78, 5) is 19.3. The van der Waals surface area contributed by atoms with Crippen LogP contribution in [-0.2, 0) is 24.3 Å². The number of aromatic nitrogens is 2. The van der Waals surface area contributed by atoms with E-state index in [2.05, 4.69) is 21.7 Å². The number of fused-ring (bicyclic) bond motifs is 1. The molecule has 0 unspecified atom stereocenters. The Morgan fingerprint density at radius 2 is 1.88 bits per heavy atom. The van der Waals surface area contributed by atoms with E-state index >= 15 is 0 Å². The molecule has 0 spiro atoms. The summed E-state index contributed by atoms with van der Waals surface area (Å²) in [5, 5.41) is 0. The molecule has 1 aliphatic heterocycles. The predicted octanol–water partition coefficient (Wildman–Crippen LogP) is 3.74. The van der Waals surface area contributed by atoms with Crippen LogP contribution in [0.1, 0.15) is 29.4 Å². The molecule has 4 rings (SSSR count). The van der Waals surface area contributed by atoms with Crippen LogP contribution in [0.25, 0.3) is 0 Å². The molecule has 4 nitrogen and oxygen atoms in total. The molecule has 3 aromatic rings. The topological polar surface area (TPSA) is 38.1 Å². The summed E-state index contributed by atoms with van der Waals surface area (Å²) in [6, 6.07) is 16.4. The third-order valence-electron chi connectivity index (χ3n) is 4.90. The molecule has 1 atom stereocenters. The zero-order valence-electron chi connectivity index (χ0n) is 14.4. The number of hydrogen-bond donors (Lipinski definition) is 0. The molecule has 0 aliphatic carbocycles. The van der Waals surface area contributed by atoms with Crippen molar-refractivity contribution in [1.29, 1.82) is 0 Å². The lowest BCUT2D eigenvalue weighted by atomic mass is 10.0. The summed E-state index contributed by atoms with van der Waals surface area (Å²) in [6.45, 7) is 1.22. The monoisotopic (exact) mass is 349 g/mol. The highest BCUT2D eigenvalue weighted by Gasteiger charge is 2.30. The van der Waals surface area contributed by atoms with Crippen LogP contribution in [0.5, 0.6) is 0 Å². The minimum atomic E-state index is -0.257. The summed E-state index contributed by atoms with van der Waals surface area (Å²) in [5.41, 5.74) is 2.09. The molecule has 0 fully saturated rings. The van der Waals surface area contributed by atoms with Gasteiger partial charge >= 0.3 is 0 Å². The Morgan fingerprint density at radius 3 is 2.65 bits per heavy atom. The van der Waals surface area contributed by atoms with E-state index in [0.717, 1.165) is 17.0 Å². The normalized spacial score (nSPS) is 16.3. The lowest BCUT2D eigenvalue weighted by molar-refractivity contribution is -0.135. The molecular weight excluding hydrogens is 329 g/mol. The minimum absolute atomic E-state index is 0.00128. The van der Waals surface area contributed by atoms with Gasteiger partial charge in [-0.15, -0.1) is 0 Å². The quantitative estimate of drug-likeness (QED) is 0.720. The molecule has 2 heterocycles. The van der Waals surface area contributed by atoms with Gasteiger partial charge in [0.15, 0.2) is 0 Å². The van der Waals surface area contributed by atoms with E-state index in [9.17, 15) is 9.18 Å². The molecule has 0 radical (unpaired) electrons. The van der Waals surface area contributed by atoms with Gasteiger partial charge in [0.1, 0.15) is 11.6 Å². The fraction of sp³-hybridized carbons (Fsp3) is 0.238. The summed E-state index contributed by atoms with van der Waals surface area (Å²) in [5.74, 6) is 0.747. The van der Waals surface area contributed by atoms with Gasteiger partial charge in [0.25, 0.3) is 0 Å². The standard InChI is InChI=1S/C21H20FN3O/c22-18-9-6-16(7-10-18)8-11-21(26)25-15-20-23-12-13-24(20)14-19(25)17-4-2-1-3-5-17/h1-7,9-10,12-13,19H,8,11,14-15H2/t19-/m1/s1. The fourth-order valence-corrected chi connectivity index (χ4v) is 3.47. The molecule has 132 valence electrons. The first-order valence-corrected chi connectivity index (χ1v) is 8.79. The third kappa shape index (κ3) is 3.38. The van der Waals surface area contributed by atoms with E-state index in [4.69, 9.17) is 0 Å². The van der Waals surface area contributed by atoms with Crippen LogP contribution in [0.4, 0.5) is 4.39 Å². The van der Waals surface area contributed by atoms with Gasteiger partial charge in [-0.1, -0.05) is 42.5 Å². The molecule has 0 saturated carbocycles. The molecule has 1 aromatic heterocycles. The second-order valence-corrected chi connectivity index (χ2v) is 6.57. The van der Waals surface area contributed by atoms with Gasteiger partial charge in [-0.2, -0.15) is 0 Å². The summed E-state index contributed by atoms with van der Waals surface area (Å²) < 4.78 is 15.2. The average molecular weight is 349 g/mol. The van der Waals surface area contributed by atoms with E-state index in [1.54, 1.807) is 18.3 Å². The summed E-state index contributed by atoms with van der Waals surface area (Å²) in [7, 11) is 0. The number of rotatable bonds is 4. The molecule has 2 aromatic carbocycles. The fourth-order valence-electron chi connectivity index (χ4n) is 3.47. The van der Waals surface area contributed by atoms with E-state index in [1.807, 2.05) is 29.3 Å². The van der Waals surface area contributed by atoms with Crippen molar-refractivity contribution < 1.29 is 9.18 Å². The number of carbonyl (C=O) groups excluding carboxylic acids is 1. The van der Waals surface area contributed by atoms with Crippen molar-refractivity contribution in [2.75, 3.05) is 0 Å². The molecule has 5 heteroatoms. The zero-order chi connectivity index (χ0) is 17.9. The minimum Gasteiger partial charge on any atom is -0.331 e. The van der Waals surface area contributed by atoms with Crippen LogP contribution in [0, 0.1) is 5.82 Å². The van der Waals surface area contributed by atoms with Gasteiger partial charge in [0.2, 0.25) is 5.91 Å². The van der Waals surface area contributed by atoms with Gasteiger partial charge in [0, 0.05) is 25.4 Å². The Hall–Kier alpha value is -2.95. The second-order valence-electron chi connectivity index (χ2n) is 6.57. The maximum atomic E-state index is 13.0. The van der Waals surface area contributed by atoms with Gasteiger partial charge < -0.3 is 9.47 Å². The molecule has 1 aliphatic rings. The molecule has 26 heavy (non-hydrogen) atoms. The maximum absolute atomic E-state index is 13.0. The molecule has 1 amide bonds. The molecule has 0 saturated heterocycles. The number of nitrogens with zero attached hydrogens (tertiary/aromatic N) is 3. The highest BCUT2D eigenvalue weighted by Crippen LogP contribution is 2.29. The van der Waals surface area contributed by atoms with Gasteiger partial charge in [-0.25, -0.2) is 9.37 Å². The van der Waals surface area contributed by atoms with Crippen LogP contribution < -0.4 is 0 Å². The lowest BCUT2D eigenvalue weighted by Crippen LogP contribution is -2.41. The first-order chi connectivity index (χ1) is 12.7. The first-order valence-electron chi connectivity index (χ1n) is 8.79.